The molecule has 0 spiro atoms. The number of unbranched alkanes of at least 4 members (excludes halogenated alkanes) is 41. The summed E-state index contributed by atoms with van der Waals surface area (Å²) in [5.41, 5.74) is 0. The van der Waals surface area contributed by atoms with Crippen molar-refractivity contribution in [1.82, 2.24) is 0 Å². The third-order valence-corrected chi connectivity index (χ3v) is 21.0. The zero-order chi connectivity index (χ0) is 74.6. The van der Waals surface area contributed by atoms with Gasteiger partial charge in [-0.1, -0.05) is 277 Å². The topological polar surface area (TPSA) is 374 Å². The summed E-state index contributed by atoms with van der Waals surface area (Å²) < 4.78 is 65.2. The molecule has 2 heterocycles. The minimum absolute atomic E-state index is 0.0280. The van der Waals surface area contributed by atoms with Crippen molar-refractivity contribution < 1.29 is 117 Å². The Morgan fingerprint density at radius 1 is 0.373 bits per heavy atom. The molecule has 3 rings (SSSR count). The maximum Gasteiger partial charge on any atom is 0.472 e. The highest BCUT2D eigenvalue weighted by molar-refractivity contribution is 7.47. The van der Waals surface area contributed by atoms with E-state index in [4.69, 9.17) is 42.2 Å². The molecule has 600 valence electrons. The molecule has 18 atom stereocenters. The summed E-state index contributed by atoms with van der Waals surface area (Å²) in [4.78, 5) is 51.1. The third-order valence-electron chi connectivity index (χ3n) is 20.0. The Labute approximate surface area is 612 Å². The molecular weight excluding hydrogens is 1340 g/mol. The van der Waals surface area contributed by atoms with Gasteiger partial charge in [-0.05, 0) is 44.9 Å². The summed E-state index contributed by atoms with van der Waals surface area (Å²) >= 11 is 0. The first-order valence-electron chi connectivity index (χ1n) is 40.5. The van der Waals surface area contributed by atoms with Crippen molar-refractivity contribution in [1.29, 1.82) is 0 Å². The van der Waals surface area contributed by atoms with Gasteiger partial charge in [-0.15, -0.1) is 0 Å². The summed E-state index contributed by atoms with van der Waals surface area (Å²) in [7, 11) is -5.70. The largest absolute Gasteiger partial charge is 0.472 e. The second-order valence-corrected chi connectivity index (χ2v) is 30.5. The lowest BCUT2D eigenvalue weighted by Crippen LogP contribution is -2.69. The monoisotopic (exact) mass is 1480 g/mol. The van der Waals surface area contributed by atoms with Crippen molar-refractivity contribution in [3.63, 3.8) is 0 Å². The van der Waals surface area contributed by atoms with Crippen LogP contribution in [0, 0.1) is 0 Å². The highest BCUT2D eigenvalue weighted by Crippen LogP contribution is 2.49. The van der Waals surface area contributed by atoms with Gasteiger partial charge >= 0.3 is 25.7 Å². The average Bonchev–Trinajstić information content (AvgIpc) is 0.760. The van der Waals surface area contributed by atoms with Crippen LogP contribution in [0.4, 0.5) is 0 Å². The number of carbonyl (C=O) groups is 3. The predicted octanol–water partition coefficient (Wildman–Crippen LogP) is 12.3. The molecule has 2 aliphatic heterocycles. The Morgan fingerprint density at radius 2 is 0.686 bits per heavy atom. The van der Waals surface area contributed by atoms with Gasteiger partial charge in [0.15, 0.2) is 18.7 Å². The Kier molecular flexibility index (Phi) is 54.0. The second-order valence-electron chi connectivity index (χ2n) is 29.1. The number of aliphatic hydroxyl groups is 10. The van der Waals surface area contributed by atoms with Gasteiger partial charge < -0.3 is 89.1 Å². The van der Waals surface area contributed by atoms with E-state index in [1.54, 1.807) is 0 Å². The Hall–Kier alpha value is -2.30. The van der Waals surface area contributed by atoms with Crippen molar-refractivity contribution in [2.24, 2.45) is 0 Å². The van der Waals surface area contributed by atoms with E-state index in [9.17, 15) is 74.9 Å². The number of esters is 3. The molecule has 18 unspecified atom stereocenters. The summed E-state index contributed by atoms with van der Waals surface area (Å²) in [5, 5.41) is 110. The van der Waals surface area contributed by atoms with Gasteiger partial charge in [0, 0.05) is 19.3 Å². The van der Waals surface area contributed by atoms with Gasteiger partial charge in [0.1, 0.15) is 98.7 Å². The predicted molar refractivity (Wildman–Crippen MR) is 388 cm³/mol. The molecule has 0 amide bonds. The molecule has 25 heteroatoms. The molecule has 24 nitrogen and oxygen atoms in total. The van der Waals surface area contributed by atoms with Crippen molar-refractivity contribution >= 4 is 25.7 Å². The van der Waals surface area contributed by atoms with Crippen LogP contribution >= 0.6 is 7.82 Å². The van der Waals surface area contributed by atoms with Crippen LogP contribution in [0.15, 0.2) is 12.2 Å². The zero-order valence-corrected chi connectivity index (χ0v) is 63.8. The summed E-state index contributed by atoms with van der Waals surface area (Å²) in [6.07, 6.45) is 19.7. The van der Waals surface area contributed by atoms with Crippen molar-refractivity contribution in [2.45, 2.75) is 433 Å². The van der Waals surface area contributed by atoms with Crippen molar-refractivity contribution in [3.05, 3.63) is 12.2 Å². The summed E-state index contributed by atoms with van der Waals surface area (Å²) in [6.45, 7) is 3.48. The van der Waals surface area contributed by atoms with Crippen LogP contribution in [0.3, 0.4) is 0 Å². The van der Waals surface area contributed by atoms with Crippen LogP contribution in [0.2, 0.25) is 0 Å². The molecule has 2 saturated heterocycles. The fourth-order valence-electron chi connectivity index (χ4n) is 13.5. The van der Waals surface area contributed by atoms with Crippen LogP contribution < -0.4 is 0 Å². The molecule has 1 saturated carbocycles. The molecule has 11 N–H and O–H groups in total. The number of carbonyl (C=O) groups excluding carboxylic acids is 3. The van der Waals surface area contributed by atoms with Crippen molar-refractivity contribution in [2.75, 3.05) is 26.4 Å². The lowest BCUT2D eigenvalue weighted by Gasteiger charge is -2.49. The molecule has 1 aliphatic carbocycles. The molecule has 102 heavy (non-hydrogen) atoms. The minimum Gasteiger partial charge on any atom is -0.463 e. The highest BCUT2D eigenvalue weighted by atomic mass is 31.2. The van der Waals surface area contributed by atoms with Gasteiger partial charge in [-0.3, -0.25) is 23.4 Å². The van der Waals surface area contributed by atoms with E-state index in [1.807, 2.05) is 0 Å². The van der Waals surface area contributed by atoms with Crippen LogP contribution in [0.1, 0.15) is 329 Å². The van der Waals surface area contributed by atoms with Gasteiger partial charge in [-0.2, -0.15) is 0 Å². The fourth-order valence-corrected chi connectivity index (χ4v) is 14.4. The summed E-state index contributed by atoms with van der Waals surface area (Å²) in [6, 6.07) is 0. The fraction of sp³-hybridized carbons (Fsp3) is 0.935. The molecule has 0 aromatic heterocycles. The Balaban J connectivity index is 1.70. The van der Waals surface area contributed by atoms with Crippen LogP contribution in [-0.4, -0.2) is 204 Å². The van der Waals surface area contributed by atoms with E-state index < -0.39 is 156 Å². The first-order chi connectivity index (χ1) is 49.3. The van der Waals surface area contributed by atoms with Crippen molar-refractivity contribution in [3.8, 4) is 0 Å². The molecule has 0 aromatic rings. The average molecular weight is 1480 g/mol. The number of phosphoric ester groups is 1. The van der Waals surface area contributed by atoms with Gasteiger partial charge in [0.2, 0.25) is 0 Å². The number of phosphoric acid groups is 1. The number of allylic oxidation sites excluding steroid dienone is 2. The first kappa shape index (κ1) is 93.9. The van der Waals surface area contributed by atoms with E-state index in [2.05, 4.69) is 32.9 Å². The normalized spacial score (nSPS) is 27.0. The van der Waals surface area contributed by atoms with E-state index in [0.717, 1.165) is 96.3 Å². The second kappa shape index (κ2) is 58.7. The quantitative estimate of drug-likeness (QED) is 0.00886. The van der Waals surface area contributed by atoms with Gasteiger partial charge in [-0.25, -0.2) is 4.57 Å². The Morgan fingerprint density at radius 3 is 1.07 bits per heavy atom. The van der Waals surface area contributed by atoms with Gasteiger partial charge in [0.25, 0.3) is 0 Å². The molecule has 0 radical (unpaired) electrons. The lowest BCUT2D eigenvalue weighted by atomic mass is 9.84. The molecular formula is C77H143O24P. The first-order valence-corrected chi connectivity index (χ1v) is 42.0. The number of aliphatic hydroxyl groups excluding tert-OH is 10. The standard InChI is InChI=1S/C77H143O24P/c1-4-7-10-13-16-19-22-25-27-29-31-34-37-40-43-46-49-52-62(80)94-57-60-65(83)67(85)72(90)77(98-60)100-74-70(88)68(86)69(87)73(99-76-71(89)66(84)64(82)59(54-78)97-76)75(74)101-102(91,92)95-56-58(55-93-61(79)51-48-45-42-39-36-33-24-21-18-15-12-9-6-3)96-63(81)53-50-47-44-41-38-35-32-30-28-26-23-20-17-14-11-8-5-2/h33,36,58-60,64-78,82-90H,4-32,34-35,37-57H2,1-3H3,(H,91,92)/b36-33-. The number of hydrogen-bond donors (Lipinski definition) is 11. The summed E-state index contributed by atoms with van der Waals surface area (Å²) in [5.74, 6) is -1.99. The Bertz CT molecular complexity index is 2150. The SMILES string of the molecule is CCCCCCCC/C=C\CCCCCC(=O)OCC(COP(=O)(O)OC1C(OC2OC(CO)C(O)C(O)C2O)C(O)C(O)C(O)C1OC1OC(COC(=O)CCCCCCCCCCCCCCCCCCC)C(O)C(O)C1O)OC(=O)CCCCCCCCCCCCCCCCCCC. The smallest absolute Gasteiger partial charge is 0.463 e. The molecule has 3 aliphatic rings. The number of ether oxygens (including phenoxy) is 7. The molecule has 0 aromatic carbocycles. The number of rotatable bonds is 64. The molecule has 3 fully saturated rings. The van der Waals surface area contributed by atoms with Crippen LogP contribution in [0.25, 0.3) is 0 Å². The lowest BCUT2D eigenvalue weighted by molar-refractivity contribution is -0.360. The van der Waals surface area contributed by atoms with Gasteiger partial charge in [0.05, 0.1) is 13.2 Å². The minimum atomic E-state index is -5.70. The number of hydrogen-bond acceptors (Lipinski definition) is 23. The zero-order valence-electron chi connectivity index (χ0n) is 62.9. The maximum absolute atomic E-state index is 14.4. The van der Waals surface area contributed by atoms with Crippen LogP contribution in [-0.2, 0) is 61.2 Å². The van der Waals surface area contributed by atoms with E-state index in [1.165, 1.54) is 173 Å². The molecule has 0 bridgehead atoms. The van der Waals surface area contributed by atoms with E-state index in [0.29, 0.717) is 19.3 Å². The van der Waals surface area contributed by atoms with Crippen LogP contribution in [0.5, 0.6) is 0 Å². The van der Waals surface area contributed by atoms with E-state index in [-0.39, 0.29) is 19.3 Å². The van der Waals surface area contributed by atoms with E-state index >= 15 is 0 Å². The third kappa shape index (κ3) is 40.8. The maximum atomic E-state index is 14.4. The highest BCUT2D eigenvalue weighted by Gasteiger charge is 2.58.